The highest BCUT2D eigenvalue weighted by atomic mass is 35.5. The molecule has 126 valence electrons. The zero-order chi connectivity index (χ0) is 17.2. The van der Waals surface area contributed by atoms with E-state index >= 15 is 0 Å². The lowest BCUT2D eigenvalue weighted by Gasteiger charge is -2.33. The maximum Gasteiger partial charge on any atom is 0.270 e. The van der Waals surface area contributed by atoms with Crippen LogP contribution in [0, 0.1) is 17.0 Å². The van der Waals surface area contributed by atoms with Gasteiger partial charge in [-0.05, 0) is 12.5 Å². The van der Waals surface area contributed by atoms with Crippen molar-refractivity contribution in [3.05, 3.63) is 45.5 Å². The number of aryl methyl sites for hydroxylation is 1. The number of hydrogen-bond acceptors (Lipinski definition) is 5. The van der Waals surface area contributed by atoms with E-state index in [1.807, 2.05) is 4.90 Å². The van der Waals surface area contributed by atoms with E-state index in [-0.39, 0.29) is 10.6 Å². The molecule has 1 fully saturated rings. The summed E-state index contributed by atoms with van der Waals surface area (Å²) in [6, 6.07) is 3.88. The summed E-state index contributed by atoms with van der Waals surface area (Å²) in [6.07, 6.45) is 0. The average Bonchev–Trinajstić information content (AvgIpc) is 2.47. The number of sulfonamides is 1. The summed E-state index contributed by atoms with van der Waals surface area (Å²) in [5, 5.41) is 11.4. The summed E-state index contributed by atoms with van der Waals surface area (Å²) in [5.41, 5.74) is 0.262. The molecular weight excluding hydrogens is 342 g/mol. The molecule has 23 heavy (non-hydrogen) atoms. The molecule has 0 atom stereocenters. The quantitative estimate of drug-likeness (QED) is 0.592. The first-order valence-electron chi connectivity index (χ1n) is 7.02. The molecule has 1 aromatic rings. The minimum atomic E-state index is -3.75. The van der Waals surface area contributed by atoms with Gasteiger partial charge in [-0.15, -0.1) is 0 Å². The molecule has 1 aliphatic rings. The van der Waals surface area contributed by atoms with Crippen molar-refractivity contribution >= 4 is 27.3 Å². The number of rotatable bonds is 5. The number of halogens is 1. The topological polar surface area (TPSA) is 83.8 Å². The van der Waals surface area contributed by atoms with Gasteiger partial charge in [0.2, 0.25) is 10.0 Å². The SMILES string of the molecule is C=C(Cl)CN1CCN(S(=O)(=O)c2cc([N+](=O)[O-])ccc2C)CC1. The lowest BCUT2D eigenvalue weighted by atomic mass is 10.2. The minimum absolute atomic E-state index is 0.0121. The zero-order valence-electron chi connectivity index (χ0n) is 12.7. The molecule has 0 unspecified atom stereocenters. The molecule has 0 amide bonds. The lowest BCUT2D eigenvalue weighted by molar-refractivity contribution is -0.385. The van der Waals surface area contributed by atoms with Crippen LogP contribution in [-0.4, -0.2) is 55.3 Å². The average molecular weight is 360 g/mol. The molecule has 9 heteroatoms. The number of nitrogens with zero attached hydrogens (tertiary/aromatic N) is 3. The molecule has 0 aromatic heterocycles. The van der Waals surface area contributed by atoms with Gasteiger partial charge in [0.05, 0.1) is 9.82 Å². The second-order valence-corrected chi connectivity index (χ2v) is 7.85. The standard InChI is InChI=1S/C14H18ClN3O4S/c1-11-3-4-13(18(19)20)9-14(11)23(21,22)17-7-5-16(6-8-17)10-12(2)15/h3-4,9H,2,5-8,10H2,1H3. The first-order valence-corrected chi connectivity index (χ1v) is 8.84. The van der Waals surface area contributed by atoms with Crippen molar-refractivity contribution in [2.45, 2.75) is 11.8 Å². The summed E-state index contributed by atoms with van der Waals surface area (Å²) in [5.74, 6) is 0. The largest absolute Gasteiger partial charge is 0.296 e. The van der Waals surface area contributed by atoms with E-state index in [1.165, 1.54) is 16.4 Å². The van der Waals surface area contributed by atoms with E-state index in [0.717, 1.165) is 6.07 Å². The van der Waals surface area contributed by atoms with Crippen LogP contribution >= 0.6 is 11.6 Å². The van der Waals surface area contributed by atoms with Gasteiger partial charge in [0.1, 0.15) is 0 Å². The lowest BCUT2D eigenvalue weighted by Crippen LogP contribution is -2.48. The fourth-order valence-electron chi connectivity index (χ4n) is 2.49. The Kier molecular flexibility index (Phi) is 5.41. The van der Waals surface area contributed by atoms with E-state index in [9.17, 15) is 18.5 Å². The molecule has 1 aliphatic heterocycles. The van der Waals surface area contributed by atoms with Crippen molar-refractivity contribution in [3.63, 3.8) is 0 Å². The van der Waals surface area contributed by atoms with Crippen molar-refractivity contribution in [1.82, 2.24) is 9.21 Å². The van der Waals surface area contributed by atoms with Crippen molar-refractivity contribution < 1.29 is 13.3 Å². The van der Waals surface area contributed by atoms with Crippen LogP contribution in [0.4, 0.5) is 5.69 Å². The monoisotopic (exact) mass is 359 g/mol. The predicted octanol–water partition coefficient (Wildman–Crippen LogP) is 1.96. The van der Waals surface area contributed by atoms with Gasteiger partial charge in [-0.2, -0.15) is 4.31 Å². The van der Waals surface area contributed by atoms with E-state index in [2.05, 4.69) is 6.58 Å². The van der Waals surface area contributed by atoms with Gasteiger partial charge >= 0.3 is 0 Å². The van der Waals surface area contributed by atoms with Crippen LogP contribution in [0.15, 0.2) is 34.7 Å². The van der Waals surface area contributed by atoms with Crippen molar-refractivity contribution in [1.29, 1.82) is 0 Å². The summed E-state index contributed by atoms with van der Waals surface area (Å²) in [4.78, 5) is 12.3. The maximum atomic E-state index is 12.8. The van der Waals surface area contributed by atoms with Crippen LogP contribution in [0.2, 0.25) is 0 Å². The van der Waals surface area contributed by atoms with Gasteiger partial charge in [-0.25, -0.2) is 8.42 Å². The summed E-state index contributed by atoms with van der Waals surface area (Å²) < 4.78 is 26.9. The van der Waals surface area contributed by atoms with E-state index in [0.29, 0.717) is 43.3 Å². The number of benzene rings is 1. The first kappa shape index (κ1) is 17.9. The number of hydrogen-bond donors (Lipinski definition) is 0. The van der Waals surface area contributed by atoms with Crippen molar-refractivity contribution in [3.8, 4) is 0 Å². The third-order valence-corrected chi connectivity index (χ3v) is 5.89. The Morgan fingerprint density at radius 2 is 1.96 bits per heavy atom. The Morgan fingerprint density at radius 3 is 2.48 bits per heavy atom. The molecule has 1 aromatic carbocycles. The fraction of sp³-hybridized carbons (Fsp3) is 0.429. The normalized spacial score (nSPS) is 17.1. The molecule has 1 saturated heterocycles. The molecule has 2 rings (SSSR count). The van der Waals surface area contributed by atoms with E-state index < -0.39 is 14.9 Å². The first-order chi connectivity index (χ1) is 10.7. The van der Waals surface area contributed by atoms with E-state index in [1.54, 1.807) is 6.92 Å². The zero-order valence-corrected chi connectivity index (χ0v) is 14.3. The van der Waals surface area contributed by atoms with Gasteiger partial charge < -0.3 is 0 Å². The van der Waals surface area contributed by atoms with Gasteiger partial charge in [0, 0.05) is 49.9 Å². The number of nitro benzene ring substituents is 1. The Morgan fingerprint density at radius 1 is 1.35 bits per heavy atom. The number of nitro groups is 1. The smallest absolute Gasteiger partial charge is 0.270 e. The Balaban J connectivity index is 2.21. The summed E-state index contributed by atoms with van der Waals surface area (Å²) in [6.45, 7) is 7.49. The van der Waals surface area contributed by atoms with Crippen LogP contribution in [0.25, 0.3) is 0 Å². The number of non-ortho nitro benzene ring substituents is 1. The van der Waals surface area contributed by atoms with Crippen LogP contribution in [-0.2, 0) is 10.0 Å². The highest BCUT2D eigenvalue weighted by Crippen LogP contribution is 2.25. The summed E-state index contributed by atoms with van der Waals surface area (Å²) in [7, 11) is -3.75. The molecule has 0 aliphatic carbocycles. The Labute approximate surface area is 140 Å². The van der Waals surface area contributed by atoms with Gasteiger partial charge in [-0.1, -0.05) is 24.2 Å². The Hall–Kier alpha value is -1.48. The predicted molar refractivity (Wildman–Crippen MR) is 88.0 cm³/mol. The highest BCUT2D eigenvalue weighted by molar-refractivity contribution is 7.89. The van der Waals surface area contributed by atoms with Crippen molar-refractivity contribution in [2.24, 2.45) is 0 Å². The van der Waals surface area contributed by atoms with Crippen LogP contribution in [0.1, 0.15) is 5.56 Å². The van der Waals surface area contributed by atoms with Gasteiger partial charge in [0.15, 0.2) is 0 Å². The maximum absolute atomic E-state index is 12.8. The molecule has 0 saturated carbocycles. The molecule has 7 nitrogen and oxygen atoms in total. The van der Waals surface area contributed by atoms with Crippen LogP contribution in [0.3, 0.4) is 0 Å². The molecule has 0 N–H and O–H groups in total. The molecule has 0 radical (unpaired) electrons. The third kappa shape index (κ3) is 4.08. The highest BCUT2D eigenvalue weighted by Gasteiger charge is 2.30. The van der Waals surface area contributed by atoms with Crippen molar-refractivity contribution in [2.75, 3.05) is 32.7 Å². The second-order valence-electron chi connectivity index (χ2n) is 5.40. The van der Waals surface area contributed by atoms with Crippen LogP contribution < -0.4 is 0 Å². The fourth-order valence-corrected chi connectivity index (χ4v) is 4.33. The van der Waals surface area contributed by atoms with Gasteiger partial charge in [-0.3, -0.25) is 15.0 Å². The molecule has 1 heterocycles. The third-order valence-electron chi connectivity index (χ3n) is 3.73. The number of piperazine rings is 1. The second kappa shape index (κ2) is 6.96. The van der Waals surface area contributed by atoms with E-state index in [4.69, 9.17) is 11.6 Å². The minimum Gasteiger partial charge on any atom is -0.296 e. The van der Waals surface area contributed by atoms with Crippen LogP contribution in [0.5, 0.6) is 0 Å². The molecule has 0 spiro atoms. The van der Waals surface area contributed by atoms with Gasteiger partial charge in [0.25, 0.3) is 5.69 Å². The molecular formula is C14H18ClN3O4S. The summed E-state index contributed by atoms with van der Waals surface area (Å²) >= 11 is 5.77. The molecule has 0 bridgehead atoms. The Bertz CT molecular complexity index is 728.